The van der Waals surface area contributed by atoms with E-state index in [-0.39, 0.29) is 24.5 Å². The van der Waals surface area contributed by atoms with Crippen molar-refractivity contribution in [3.05, 3.63) is 57.6 Å². The molecule has 0 radical (unpaired) electrons. The molecule has 0 saturated heterocycles. The summed E-state index contributed by atoms with van der Waals surface area (Å²) in [5.74, 6) is -0.642. The Morgan fingerprint density at radius 3 is 2.60 bits per heavy atom. The standard InChI is InChI=1S/C17H16Cl2N2O4/c1-24-14-4-2-3-12(17(20)23)16(14)25-9-15(22)21-8-10-5-6-11(18)7-13(10)19/h2-7H,8-9H2,1H3,(H2,20,23)(H,21,22). The number of carbonyl (C=O) groups is 2. The lowest BCUT2D eigenvalue weighted by Gasteiger charge is -2.13. The van der Waals surface area contributed by atoms with Crippen LogP contribution in [-0.4, -0.2) is 25.5 Å². The Morgan fingerprint density at radius 1 is 1.20 bits per heavy atom. The van der Waals surface area contributed by atoms with Gasteiger partial charge in [0.2, 0.25) is 0 Å². The van der Waals surface area contributed by atoms with Gasteiger partial charge in [0.1, 0.15) is 0 Å². The number of carbonyl (C=O) groups excluding carboxylic acids is 2. The molecule has 2 rings (SSSR count). The number of rotatable bonds is 7. The zero-order valence-corrected chi connectivity index (χ0v) is 14.9. The van der Waals surface area contributed by atoms with Gasteiger partial charge >= 0.3 is 0 Å². The zero-order chi connectivity index (χ0) is 18.4. The van der Waals surface area contributed by atoms with Crippen LogP contribution in [0.3, 0.4) is 0 Å². The molecule has 6 nitrogen and oxygen atoms in total. The smallest absolute Gasteiger partial charge is 0.258 e. The van der Waals surface area contributed by atoms with Gasteiger partial charge in [-0.1, -0.05) is 35.3 Å². The van der Waals surface area contributed by atoms with E-state index in [2.05, 4.69) is 5.32 Å². The molecule has 2 aromatic rings. The topological polar surface area (TPSA) is 90.7 Å². The molecule has 0 aliphatic carbocycles. The maximum atomic E-state index is 12.0. The minimum Gasteiger partial charge on any atom is -0.493 e. The summed E-state index contributed by atoms with van der Waals surface area (Å²) in [4.78, 5) is 23.5. The highest BCUT2D eigenvalue weighted by Crippen LogP contribution is 2.30. The number of ether oxygens (including phenoxy) is 2. The van der Waals surface area contributed by atoms with Gasteiger partial charge in [-0.15, -0.1) is 0 Å². The molecule has 0 fully saturated rings. The first kappa shape index (κ1) is 18.9. The van der Waals surface area contributed by atoms with Crippen molar-refractivity contribution in [1.29, 1.82) is 0 Å². The van der Waals surface area contributed by atoms with E-state index in [1.807, 2.05) is 0 Å². The molecule has 0 bridgehead atoms. The number of para-hydroxylation sites is 1. The number of nitrogens with two attached hydrogens (primary N) is 1. The van der Waals surface area contributed by atoms with Crippen LogP contribution in [-0.2, 0) is 11.3 Å². The molecule has 0 aromatic heterocycles. The molecular formula is C17H16Cl2N2O4. The van der Waals surface area contributed by atoms with Crippen LogP contribution in [0.15, 0.2) is 36.4 Å². The average Bonchev–Trinajstić information content (AvgIpc) is 2.58. The fraction of sp³-hybridized carbons (Fsp3) is 0.176. The molecule has 0 atom stereocenters. The third-order valence-electron chi connectivity index (χ3n) is 3.30. The summed E-state index contributed by atoms with van der Waals surface area (Å²) in [7, 11) is 1.43. The lowest BCUT2D eigenvalue weighted by molar-refractivity contribution is -0.123. The highest BCUT2D eigenvalue weighted by molar-refractivity contribution is 6.35. The monoisotopic (exact) mass is 382 g/mol. The number of benzene rings is 2. The molecule has 3 N–H and O–H groups in total. The minimum absolute atomic E-state index is 0.122. The number of methoxy groups -OCH3 is 1. The lowest BCUT2D eigenvalue weighted by Crippen LogP contribution is -2.29. The Balaban J connectivity index is 1.99. The second-order valence-corrected chi connectivity index (χ2v) is 5.85. The summed E-state index contributed by atoms with van der Waals surface area (Å²) in [6.45, 7) is -0.0986. The quantitative estimate of drug-likeness (QED) is 0.769. The molecule has 0 aliphatic rings. The molecule has 132 valence electrons. The van der Waals surface area contributed by atoms with Gasteiger partial charge in [0.25, 0.3) is 11.8 Å². The summed E-state index contributed by atoms with van der Waals surface area (Å²) < 4.78 is 10.6. The third kappa shape index (κ3) is 5.01. The summed E-state index contributed by atoms with van der Waals surface area (Å²) >= 11 is 11.9. The molecule has 0 unspecified atom stereocenters. The van der Waals surface area contributed by atoms with E-state index < -0.39 is 11.8 Å². The van der Waals surface area contributed by atoms with E-state index in [1.54, 1.807) is 30.3 Å². The van der Waals surface area contributed by atoms with Crippen molar-refractivity contribution < 1.29 is 19.1 Å². The first-order valence-corrected chi connectivity index (χ1v) is 7.98. The fourth-order valence-corrected chi connectivity index (χ4v) is 2.54. The zero-order valence-electron chi connectivity index (χ0n) is 13.3. The predicted octanol–water partition coefficient (Wildman–Crippen LogP) is 2.80. The van der Waals surface area contributed by atoms with Gasteiger partial charge in [0.15, 0.2) is 18.1 Å². The average molecular weight is 383 g/mol. The normalized spacial score (nSPS) is 10.2. The predicted molar refractivity (Wildman–Crippen MR) is 95.3 cm³/mol. The fourth-order valence-electron chi connectivity index (χ4n) is 2.07. The van der Waals surface area contributed by atoms with E-state index in [9.17, 15) is 9.59 Å². The number of hydrogen-bond acceptors (Lipinski definition) is 4. The Bertz CT molecular complexity index is 796. The lowest BCUT2D eigenvalue weighted by atomic mass is 10.2. The van der Waals surface area contributed by atoms with Gasteiger partial charge in [0, 0.05) is 16.6 Å². The Hall–Kier alpha value is -2.44. The second-order valence-electron chi connectivity index (χ2n) is 5.00. The van der Waals surface area contributed by atoms with Crippen molar-refractivity contribution in [1.82, 2.24) is 5.32 Å². The van der Waals surface area contributed by atoms with Crippen molar-refractivity contribution in [2.24, 2.45) is 5.73 Å². The summed E-state index contributed by atoms with van der Waals surface area (Å²) in [6.07, 6.45) is 0. The van der Waals surface area contributed by atoms with Crippen molar-refractivity contribution in [2.75, 3.05) is 13.7 Å². The number of halogens is 2. The van der Waals surface area contributed by atoms with Crippen LogP contribution >= 0.6 is 23.2 Å². The van der Waals surface area contributed by atoms with E-state index in [0.717, 1.165) is 5.56 Å². The van der Waals surface area contributed by atoms with Crippen molar-refractivity contribution in [3.8, 4) is 11.5 Å². The van der Waals surface area contributed by atoms with E-state index in [0.29, 0.717) is 15.8 Å². The second kappa shape index (κ2) is 8.60. The highest BCUT2D eigenvalue weighted by Gasteiger charge is 2.16. The molecule has 0 heterocycles. The molecular weight excluding hydrogens is 367 g/mol. The molecule has 8 heteroatoms. The van der Waals surface area contributed by atoms with Gasteiger partial charge in [-0.2, -0.15) is 0 Å². The van der Waals surface area contributed by atoms with Crippen LogP contribution in [0.5, 0.6) is 11.5 Å². The molecule has 25 heavy (non-hydrogen) atoms. The number of hydrogen-bond donors (Lipinski definition) is 2. The Labute approximate surface area is 154 Å². The van der Waals surface area contributed by atoms with Crippen LogP contribution in [0.4, 0.5) is 0 Å². The summed E-state index contributed by atoms with van der Waals surface area (Å²) in [5, 5.41) is 3.63. The Kier molecular flexibility index (Phi) is 6.50. The van der Waals surface area contributed by atoms with Crippen LogP contribution in [0.1, 0.15) is 15.9 Å². The van der Waals surface area contributed by atoms with Crippen molar-refractivity contribution in [3.63, 3.8) is 0 Å². The molecule has 2 aromatic carbocycles. The SMILES string of the molecule is COc1cccc(C(N)=O)c1OCC(=O)NCc1ccc(Cl)cc1Cl. The van der Waals surface area contributed by atoms with Gasteiger partial charge in [-0.25, -0.2) is 0 Å². The molecule has 0 aliphatic heterocycles. The number of amides is 2. The van der Waals surface area contributed by atoms with Crippen LogP contribution in [0.25, 0.3) is 0 Å². The van der Waals surface area contributed by atoms with Crippen LogP contribution in [0, 0.1) is 0 Å². The van der Waals surface area contributed by atoms with Gasteiger partial charge in [0.05, 0.1) is 12.7 Å². The molecule has 0 spiro atoms. The van der Waals surface area contributed by atoms with Crippen molar-refractivity contribution in [2.45, 2.75) is 6.54 Å². The maximum absolute atomic E-state index is 12.0. The molecule has 0 saturated carbocycles. The largest absolute Gasteiger partial charge is 0.493 e. The van der Waals surface area contributed by atoms with E-state index >= 15 is 0 Å². The highest BCUT2D eigenvalue weighted by atomic mass is 35.5. The maximum Gasteiger partial charge on any atom is 0.258 e. The van der Waals surface area contributed by atoms with Gasteiger partial charge in [-0.05, 0) is 29.8 Å². The first-order chi connectivity index (χ1) is 11.9. The van der Waals surface area contributed by atoms with Crippen LogP contribution < -0.4 is 20.5 Å². The first-order valence-electron chi connectivity index (χ1n) is 7.22. The third-order valence-corrected chi connectivity index (χ3v) is 3.89. The summed E-state index contributed by atoms with van der Waals surface area (Å²) in [5.41, 5.74) is 6.16. The minimum atomic E-state index is -0.678. The number of primary amides is 1. The van der Waals surface area contributed by atoms with Crippen LogP contribution in [0.2, 0.25) is 10.0 Å². The Morgan fingerprint density at radius 2 is 1.96 bits per heavy atom. The number of nitrogens with one attached hydrogen (secondary N) is 1. The van der Waals surface area contributed by atoms with Crippen molar-refractivity contribution >= 4 is 35.0 Å². The van der Waals surface area contributed by atoms with Gasteiger partial charge < -0.3 is 20.5 Å². The van der Waals surface area contributed by atoms with E-state index in [1.165, 1.54) is 13.2 Å². The van der Waals surface area contributed by atoms with Gasteiger partial charge in [-0.3, -0.25) is 9.59 Å². The van der Waals surface area contributed by atoms with E-state index in [4.69, 9.17) is 38.4 Å². The molecule has 2 amide bonds. The summed E-state index contributed by atoms with van der Waals surface area (Å²) in [6, 6.07) is 9.69.